The average Bonchev–Trinajstić information content (AvgIpc) is 3.23. The Morgan fingerprint density at radius 2 is 2.12 bits per heavy atom. The number of aromatic nitrogens is 6. The van der Waals surface area contributed by atoms with E-state index in [0.717, 1.165) is 22.1 Å². The summed E-state index contributed by atoms with van der Waals surface area (Å²) in [5, 5.41) is 14.5. The number of halogens is 3. The Hall–Kier alpha value is -2.14. The van der Waals surface area contributed by atoms with Crippen LogP contribution in [0.3, 0.4) is 0 Å². The van der Waals surface area contributed by atoms with E-state index in [4.69, 9.17) is 0 Å². The van der Waals surface area contributed by atoms with Crippen molar-refractivity contribution in [2.45, 2.75) is 24.8 Å². The number of thioether (sulfide) groups is 1. The second kappa shape index (κ2) is 6.64. The van der Waals surface area contributed by atoms with Crippen molar-refractivity contribution >= 4 is 23.1 Å². The predicted molar refractivity (Wildman–Crippen MR) is 90.0 cm³/mol. The largest absolute Gasteiger partial charge is 0.433 e. The maximum atomic E-state index is 13.2. The average molecular weight is 386 g/mol. The van der Waals surface area contributed by atoms with Gasteiger partial charge in [0.2, 0.25) is 5.13 Å². The van der Waals surface area contributed by atoms with E-state index in [0.29, 0.717) is 23.2 Å². The minimum Gasteiger partial charge on any atom is -0.297 e. The first-order valence-corrected chi connectivity index (χ1v) is 9.13. The summed E-state index contributed by atoms with van der Waals surface area (Å²) in [7, 11) is 0. The minimum atomic E-state index is -4.51. The number of allylic oxidation sites excluding steroid dienone is 1. The van der Waals surface area contributed by atoms with Gasteiger partial charge in [0.1, 0.15) is 5.69 Å². The lowest BCUT2D eigenvalue weighted by Gasteiger charge is -2.07. The van der Waals surface area contributed by atoms with E-state index in [9.17, 15) is 13.2 Å². The summed E-state index contributed by atoms with van der Waals surface area (Å²) >= 11 is 2.47. The van der Waals surface area contributed by atoms with Crippen LogP contribution in [0.4, 0.5) is 13.2 Å². The molecule has 0 atom stereocenters. The van der Waals surface area contributed by atoms with Gasteiger partial charge in [-0.1, -0.05) is 17.8 Å². The van der Waals surface area contributed by atoms with E-state index in [1.165, 1.54) is 18.7 Å². The summed E-state index contributed by atoms with van der Waals surface area (Å²) in [6.45, 7) is 5.68. The van der Waals surface area contributed by atoms with Crippen molar-refractivity contribution < 1.29 is 13.2 Å². The summed E-state index contributed by atoms with van der Waals surface area (Å²) in [6, 6.07) is 0.993. The smallest absolute Gasteiger partial charge is 0.297 e. The highest BCUT2D eigenvalue weighted by atomic mass is 32.2. The van der Waals surface area contributed by atoms with E-state index in [-0.39, 0.29) is 10.8 Å². The number of nitrogens with zero attached hydrogens (tertiary/aromatic N) is 6. The molecule has 0 radical (unpaired) electrons. The van der Waals surface area contributed by atoms with Crippen molar-refractivity contribution in [3.63, 3.8) is 0 Å². The van der Waals surface area contributed by atoms with Gasteiger partial charge in [-0.2, -0.15) is 18.3 Å². The van der Waals surface area contributed by atoms with Crippen LogP contribution in [-0.4, -0.2) is 35.8 Å². The summed E-state index contributed by atoms with van der Waals surface area (Å²) in [4.78, 5) is 4.28. The van der Waals surface area contributed by atoms with Gasteiger partial charge >= 0.3 is 6.18 Å². The van der Waals surface area contributed by atoms with E-state index in [1.54, 1.807) is 16.0 Å². The molecule has 0 saturated heterocycles. The quantitative estimate of drug-likeness (QED) is 0.493. The van der Waals surface area contributed by atoms with Crippen LogP contribution in [0.2, 0.25) is 0 Å². The number of alkyl halides is 3. The molecule has 11 heteroatoms. The zero-order chi connectivity index (χ0) is 18.2. The normalized spacial score (nSPS) is 11.9. The van der Waals surface area contributed by atoms with Crippen LogP contribution < -0.4 is 0 Å². The van der Waals surface area contributed by atoms with Crippen molar-refractivity contribution in [3.05, 3.63) is 35.5 Å². The van der Waals surface area contributed by atoms with Gasteiger partial charge in [0, 0.05) is 11.9 Å². The molecule has 25 heavy (non-hydrogen) atoms. The molecule has 0 aliphatic carbocycles. The fraction of sp³-hybridized carbons (Fsp3) is 0.286. The third-order valence-electron chi connectivity index (χ3n) is 3.24. The number of thiazole rings is 1. The van der Waals surface area contributed by atoms with Crippen molar-refractivity contribution in [3.8, 4) is 16.6 Å². The number of rotatable bonds is 5. The van der Waals surface area contributed by atoms with Gasteiger partial charge in [-0.3, -0.25) is 4.57 Å². The molecule has 132 valence electrons. The van der Waals surface area contributed by atoms with E-state index in [2.05, 4.69) is 26.9 Å². The monoisotopic (exact) mass is 386 g/mol. The first kappa shape index (κ1) is 17.7. The van der Waals surface area contributed by atoms with Gasteiger partial charge in [-0.05, 0) is 19.2 Å². The van der Waals surface area contributed by atoms with Crippen LogP contribution in [-0.2, 0) is 12.7 Å². The van der Waals surface area contributed by atoms with Gasteiger partial charge in [0.25, 0.3) is 0 Å². The first-order chi connectivity index (χ1) is 11.8. The fourth-order valence-electron chi connectivity index (χ4n) is 2.23. The van der Waals surface area contributed by atoms with Crippen LogP contribution in [0.25, 0.3) is 16.6 Å². The third-order valence-corrected chi connectivity index (χ3v) is 4.72. The van der Waals surface area contributed by atoms with Crippen molar-refractivity contribution in [2.75, 3.05) is 6.26 Å². The highest BCUT2D eigenvalue weighted by Gasteiger charge is 2.36. The van der Waals surface area contributed by atoms with Gasteiger partial charge in [0.15, 0.2) is 16.7 Å². The Balaban J connectivity index is 2.05. The van der Waals surface area contributed by atoms with Gasteiger partial charge in [-0.15, -0.1) is 28.1 Å². The van der Waals surface area contributed by atoms with Crippen molar-refractivity contribution in [2.24, 2.45) is 0 Å². The summed E-state index contributed by atoms with van der Waals surface area (Å²) in [5.74, 6) is 0.476. The lowest BCUT2D eigenvalue weighted by Crippen LogP contribution is -2.13. The number of hydrogen-bond donors (Lipinski definition) is 0. The highest BCUT2D eigenvalue weighted by Crippen LogP contribution is 2.33. The second-order valence-corrected chi connectivity index (χ2v) is 6.62. The SMILES string of the molecule is C=CCn1c(SC)nnc1-c1csc(-n2nc(C)cc2C(F)(F)F)n1. The zero-order valence-corrected chi connectivity index (χ0v) is 14.9. The Bertz CT molecular complexity index is 908. The Morgan fingerprint density at radius 3 is 2.76 bits per heavy atom. The van der Waals surface area contributed by atoms with Crippen molar-refractivity contribution in [1.82, 2.24) is 29.5 Å². The zero-order valence-electron chi connectivity index (χ0n) is 13.3. The van der Waals surface area contributed by atoms with Crippen LogP contribution in [0.1, 0.15) is 11.4 Å². The molecule has 3 rings (SSSR count). The minimum absolute atomic E-state index is 0.120. The molecule has 0 aliphatic heterocycles. The second-order valence-electron chi connectivity index (χ2n) is 5.01. The van der Waals surface area contributed by atoms with E-state index in [1.807, 2.05) is 6.26 Å². The molecule has 0 fully saturated rings. The molecular formula is C14H13F3N6S2. The lowest BCUT2D eigenvalue weighted by molar-refractivity contribution is -0.142. The Labute approximate surface area is 149 Å². The van der Waals surface area contributed by atoms with Gasteiger partial charge in [0.05, 0.1) is 5.69 Å². The first-order valence-electron chi connectivity index (χ1n) is 7.03. The molecule has 0 unspecified atom stereocenters. The number of hydrogen-bond acceptors (Lipinski definition) is 6. The maximum absolute atomic E-state index is 13.2. The van der Waals surface area contributed by atoms with Gasteiger partial charge in [-0.25, -0.2) is 9.67 Å². The molecule has 0 N–H and O–H groups in total. The highest BCUT2D eigenvalue weighted by molar-refractivity contribution is 7.98. The molecule has 3 aromatic heterocycles. The van der Waals surface area contributed by atoms with E-state index < -0.39 is 11.9 Å². The summed E-state index contributed by atoms with van der Waals surface area (Å²) in [5.41, 5.74) is -0.150. The standard InChI is InChI=1S/C14H13F3N6S2/c1-4-5-22-11(19-20-13(22)24-3)9-7-25-12(18-9)23-10(14(15,16)17)6-8(2)21-23/h4,6-7H,1,5H2,2-3H3. The van der Waals surface area contributed by atoms with Gasteiger partial charge < -0.3 is 0 Å². The molecule has 0 amide bonds. The molecule has 0 aromatic carbocycles. The molecule has 0 saturated carbocycles. The van der Waals surface area contributed by atoms with Crippen LogP contribution in [0.15, 0.2) is 29.3 Å². The Morgan fingerprint density at radius 1 is 1.36 bits per heavy atom. The molecule has 3 heterocycles. The molecule has 0 aliphatic rings. The van der Waals surface area contributed by atoms with Crippen molar-refractivity contribution in [1.29, 1.82) is 0 Å². The topological polar surface area (TPSA) is 61.4 Å². The lowest BCUT2D eigenvalue weighted by atomic mass is 10.3. The third kappa shape index (κ3) is 3.33. The van der Waals surface area contributed by atoms with Crippen LogP contribution in [0.5, 0.6) is 0 Å². The van der Waals surface area contributed by atoms with Crippen LogP contribution in [0, 0.1) is 6.92 Å². The Kier molecular flexibility index (Phi) is 4.69. The summed E-state index contributed by atoms with van der Waals surface area (Å²) in [6.07, 6.45) is -0.956. The molecule has 3 aromatic rings. The number of aryl methyl sites for hydroxylation is 1. The van der Waals surface area contributed by atoms with E-state index >= 15 is 0 Å². The molecule has 0 bridgehead atoms. The van der Waals surface area contributed by atoms with Crippen LogP contribution >= 0.6 is 23.1 Å². The predicted octanol–water partition coefficient (Wildman–Crippen LogP) is 3.82. The molecule has 0 spiro atoms. The molecule has 6 nitrogen and oxygen atoms in total. The maximum Gasteiger partial charge on any atom is 0.433 e. The summed E-state index contributed by atoms with van der Waals surface area (Å²) < 4.78 is 42.1. The molecular weight excluding hydrogens is 373 g/mol. The fourth-order valence-corrected chi connectivity index (χ4v) is 3.50.